The maximum Gasteiger partial charge on any atom is 0.345 e. The minimum atomic E-state index is -1.01. The standard InChI is InChI=1S/C19H17N3O2S/c1-22(21)18(20)15-11-16(19(23)24)25-17(15)14-9-7-13(8-10-14)12-5-3-2-4-6-12/h2-11,20H,21H2,1H3,(H,23,24). The van der Waals surface area contributed by atoms with Gasteiger partial charge < -0.3 is 5.11 Å². The molecule has 4 N–H and O–H groups in total. The van der Waals surface area contributed by atoms with Crippen LogP contribution in [0.1, 0.15) is 15.2 Å². The van der Waals surface area contributed by atoms with Gasteiger partial charge in [0.05, 0.1) is 0 Å². The average molecular weight is 351 g/mol. The first-order valence-corrected chi connectivity index (χ1v) is 8.39. The minimum absolute atomic E-state index is 0.0749. The molecule has 5 nitrogen and oxygen atoms in total. The van der Waals surface area contributed by atoms with Gasteiger partial charge in [0, 0.05) is 17.5 Å². The number of benzene rings is 2. The van der Waals surface area contributed by atoms with Crippen LogP contribution < -0.4 is 5.84 Å². The number of carboxylic acid groups (broad SMARTS) is 1. The summed E-state index contributed by atoms with van der Waals surface area (Å²) in [5.74, 6) is 4.73. The van der Waals surface area contributed by atoms with Crippen molar-refractivity contribution in [3.63, 3.8) is 0 Å². The van der Waals surface area contributed by atoms with Gasteiger partial charge in [0.1, 0.15) is 10.7 Å². The molecule has 1 heterocycles. The summed E-state index contributed by atoms with van der Waals surface area (Å²) in [6, 6.07) is 19.4. The quantitative estimate of drug-likeness (QED) is 0.288. The van der Waals surface area contributed by atoms with E-state index in [1.165, 1.54) is 11.1 Å². The van der Waals surface area contributed by atoms with Gasteiger partial charge in [-0.05, 0) is 22.8 Å². The van der Waals surface area contributed by atoms with E-state index in [9.17, 15) is 9.90 Å². The second-order valence-electron chi connectivity index (χ2n) is 5.56. The lowest BCUT2D eigenvalue weighted by Crippen LogP contribution is -2.33. The molecular formula is C19H17N3O2S. The first-order valence-electron chi connectivity index (χ1n) is 7.57. The van der Waals surface area contributed by atoms with E-state index < -0.39 is 5.97 Å². The average Bonchev–Trinajstić information content (AvgIpc) is 3.07. The van der Waals surface area contributed by atoms with Crippen molar-refractivity contribution in [3.8, 4) is 21.6 Å². The molecule has 6 heteroatoms. The van der Waals surface area contributed by atoms with E-state index in [0.717, 1.165) is 32.9 Å². The van der Waals surface area contributed by atoms with E-state index >= 15 is 0 Å². The maximum absolute atomic E-state index is 11.3. The Labute approximate surface area is 149 Å². The topological polar surface area (TPSA) is 90.4 Å². The predicted molar refractivity (Wildman–Crippen MR) is 101 cm³/mol. The fourth-order valence-corrected chi connectivity index (χ4v) is 3.52. The Morgan fingerprint density at radius 2 is 1.60 bits per heavy atom. The highest BCUT2D eigenvalue weighted by Crippen LogP contribution is 2.34. The van der Waals surface area contributed by atoms with E-state index in [4.69, 9.17) is 11.3 Å². The minimum Gasteiger partial charge on any atom is -0.477 e. The van der Waals surface area contributed by atoms with Gasteiger partial charge in [-0.1, -0.05) is 54.6 Å². The summed E-state index contributed by atoms with van der Waals surface area (Å²) in [6.07, 6.45) is 0. The number of hydrazine groups is 1. The predicted octanol–water partition coefficient (Wildman–Crippen LogP) is 3.91. The summed E-state index contributed by atoms with van der Waals surface area (Å²) >= 11 is 1.15. The summed E-state index contributed by atoms with van der Waals surface area (Å²) in [4.78, 5) is 12.2. The Balaban J connectivity index is 2.04. The van der Waals surface area contributed by atoms with E-state index in [2.05, 4.69) is 0 Å². The summed E-state index contributed by atoms with van der Waals surface area (Å²) in [7, 11) is 1.56. The SMILES string of the molecule is CN(N)C(=N)c1cc(C(=O)O)sc1-c1ccc(-c2ccccc2)cc1. The monoisotopic (exact) mass is 351 g/mol. The summed E-state index contributed by atoms with van der Waals surface area (Å²) in [5.41, 5.74) is 3.56. The van der Waals surface area contributed by atoms with Crippen LogP contribution in [-0.2, 0) is 0 Å². The van der Waals surface area contributed by atoms with E-state index in [0.29, 0.717) is 5.56 Å². The Morgan fingerprint density at radius 3 is 2.16 bits per heavy atom. The molecule has 0 spiro atoms. The van der Waals surface area contributed by atoms with Crippen molar-refractivity contribution in [2.24, 2.45) is 5.84 Å². The molecule has 0 radical (unpaired) electrons. The fourth-order valence-electron chi connectivity index (χ4n) is 2.52. The van der Waals surface area contributed by atoms with Crippen LogP contribution in [-0.4, -0.2) is 29.0 Å². The van der Waals surface area contributed by atoms with Crippen molar-refractivity contribution in [3.05, 3.63) is 71.1 Å². The molecule has 25 heavy (non-hydrogen) atoms. The van der Waals surface area contributed by atoms with Crippen LogP contribution in [0.2, 0.25) is 0 Å². The van der Waals surface area contributed by atoms with Crippen molar-refractivity contribution in [2.75, 3.05) is 7.05 Å². The molecule has 0 unspecified atom stereocenters. The zero-order valence-corrected chi connectivity index (χ0v) is 14.4. The fraction of sp³-hybridized carbons (Fsp3) is 0.0526. The van der Waals surface area contributed by atoms with Gasteiger partial charge in [0.25, 0.3) is 0 Å². The second-order valence-corrected chi connectivity index (χ2v) is 6.61. The third-order valence-corrected chi connectivity index (χ3v) is 4.98. The number of aromatic carboxylic acids is 1. The molecule has 0 atom stereocenters. The van der Waals surface area contributed by atoms with Gasteiger partial charge >= 0.3 is 5.97 Å². The molecule has 0 amide bonds. The molecule has 0 saturated heterocycles. The van der Waals surface area contributed by atoms with Crippen molar-refractivity contribution >= 4 is 23.1 Å². The van der Waals surface area contributed by atoms with Gasteiger partial charge in [-0.25, -0.2) is 10.6 Å². The lowest BCUT2D eigenvalue weighted by atomic mass is 10.0. The van der Waals surface area contributed by atoms with Crippen molar-refractivity contribution < 1.29 is 9.90 Å². The molecule has 0 aliphatic heterocycles. The Kier molecular flexibility index (Phi) is 4.65. The van der Waals surface area contributed by atoms with Gasteiger partial charge in [-0.3, -0.25) is 10.4 Å². The van der Waals surface area contributed by atoms with E-state index in [1.54, 1.807) is 7.05 Å². The Morgan fingerprint density at radius 1 is 1.04 bits per heavy atom. The molecule has 3 rings (SSSR count). The number of carboxylic acids is 1. The molecule has 1 aromatic heterocycles. The first kappa shape index (κ1) is 16.9. The van der Waals surface area contributed by atoms with Crippen LogP contribution in [0.25, 0.3) is 21.6 Å². The molecule has 3 aromatic rings. The Bertz CT molecular complexity index is 916. The number of rotatable bonds is 4. The Hall–Kier alpha value is -2.96. The summed E-state index contributed by atoms with van der Waals surface area (Å²) in [5, 5.41) is 18.6. The number of carbonyl (C=O) groups is 1. The van der Waals surface area contributed by atoms with Crippen molar-refractivity contribution in [1.82, 2.24) is 5.01 Å². The highest BCUT2D eigenvalue weighted by atomic mass is 32.1. The molecule has 126 valence electrons. The smallest absolute Gasteiger partial charge is 0.345 e. The van der Waals surface area contributed by atoms with Crippen molar-refractivity contribution in [1.29, 1.82) is 5.41 Å². The highest BCUT2D eigenvalue weighted by Gasteiger charge is 2.19. The first-order chi connectivity index (χ1) is 12.0. The number of nitrogens with zero attached hydrogens (tertiary/aromatic N) is 1. The third-order valence-electron chi connectivity index (χ3n) is 3.80. The number of hydrogen-bond donors (Lipinski definition) is 3. The zero-order chi connectivity index (χ0) is 18.0. The maximum atomic E-state index is 11.3. The molecule has 2 aromatic carbocycles. The third kappa shape index (κ3) is 3.45. The zero-order valence-electron chi connectivity index (χ0n) is 13.6. The molecule has 0 saturated carbocycles. The molecular weight excluding hydrogens is 334 g/mol. The number of amidine groups is 1. The molecule has 0 aliphatic carbocycles. The molecule has 0 bridgehead atoms. The van der Waals surface area contributed by atoms with Crippen LogP contribution in [0, 0.1) is 5.41 Å². The summed E-state index contributed by atoms with van der Waals surface area (Å²) < 4.78 is 0. The molecule has 0 aliphatic rings. The van der Waals surface area contributed by atoms with E-state index in [-0.39, 0.29) is 10.7 Å². The molecule has 0 fully saturated rings. The van der Waals surface area contributed by atoms with Crippen LogP contribution >= 0.6 is 11.3 Å². The lowest BCUT2D eigenvalue weighted by Gasteiger charge is -2.13. The lowest BCUT2D eigenvalue weighted by molar-refractivity contribution is 0.0702. The summed E-state index contributed by atoms with van der Waals surface area (Å²) in [6.45, 7) is 0. The highest BCUT2D eigenvalue weighted by molar-refractivity contribution is 7.17. The van der Waals surface area contributed by atoms with Crippen LogP contribution in [0.5, 0.6) is 0 Å². The van der Waals surface area contributed by atoms with Crippen LogP contribution in [0.3, 0.4) is 0 Å². The largest absolute Gasteiger partial charge is 0.477 e. The van der Waals surface area contributed by atoms with Gasteiger partial charge in [-0.2, -0.15) is 0 Å². The second kappa shape index (κ2) is 6.88. The number of nitrogens with two attached hydrogens (primary N) is 1. The number of nitrogens with one attached hydrogen (secondary N) is 1. The normalized spacial score (nSPS) is 10.5. The van der Waals surface area contributed by atoms with Crippen molar-refractivity contribution in [2.45, 2.75) is 0 Å². The van der Waals surface area contributed by atoms with Gasteiger partial charge in [0.2, 0.25) is 0 Å². The van der Waals surface area contributed by atoms with E-state index in [1.807, 2.05) is 54.6 Å². The van der Waals surface area contributed by atoms with Crippen LogP contribution in [0.4, 0.5) is 0 Å². The number of hydrogen-bond acceptors (Lipinski definition) is 4. The van der Waals surface area contributed by atoms with Gasteiger partial charge in [0.15, 0.2) is 0 Å². The van der Waals surface area contributed by atoms with Crippen LogP contribution in [0.15, 0.2) is 60.7 Å². The number of thiophene rings is 1. The van der Waals surface area contributed by atoms with Gasteiger partial charge in [-0.15, -0.1) is 11.3 Å².